The van der Waals surface area contributed by atoms with E-state index in [-0.39, 0.29) is 37.4 Å². The first-order valence-corrected chi connectivity index (χ1v) is 8.04. The van der Waals surface area contributed by atoms with Gasteiger partial charge in [-0.05, 0) is 39.6 Å². The lowest BCUT2D eigenvalue weighted by atomic mass is 9.74. The average Bonchev–Trinajstić information content (AvgIpc) is 2.67. The van der Waals surface area contributed by atoms with Gasteiger partial charge in [-0.2, -0.15) is 5.26 Å². The molecule has 2 fully saturated rings. The van der Waals surface area contributed by atoms with Crippen molar-refractivity contribution >= 4 is 13.0 Å². The van der Waals surface area contributed by atoms with Gasteiger partial charge in [-0.25, -0.2) is 0 Å². The zero-order chi connectivity index (χ0) is 16.9. The molecule has 2 saturated heterocycles. The van der Waals surface area contributed by atoms with Gasteiger partial charge in [0.05, 0.1) is 30.5 Å². The third kappa shape index (κ3) is 2.59. The van der Waals surface area contributed by atoms with Crippen molar-refractivity contribution in [2.75, 3.05) is 26.3 Å². The van der Waals surface area contributed by atoms with Crippen molar-refractivity contribution in [3.8, 4) is 6.07 Å². The lowest BCUT2D eigenvalue weighted by Gasteiger charge is -2.38. The smallest absolute Gasteiger partial charge is 0.400 e. The van der Waals surface area contributed by atoms with E-state index in [2.05, 4.69) is 6.07 Å². The zero-order valence-corrected chi connectivity index (χ0v) is 14.2. The molecular weight excluding hydrogens is 295 g/mol. The highest BCUT2D eigenvalue weighted by molar-refractivity contribution is 6.54. The third-order valence-electron chi connectivity index (χ3n) is 5.41. The zero-order valence-electron chi connectivity index (χ0n) is 14.2. The van der Waals surface area contributed by atoms with Gasteiger partial charge in [0, 0.05) is 13.1 Å². The van der Waals surface area contributed by atoms with Crippen molar-refractivity contribution in [1.29, 1.82) is 5.26 Å². The Kier molecular flexibility index (Phi) is 3.83. The van der Waals surface area contributed by atoms with Crippen molar-refractivity contribution in [2.45, 2.75) is 45.3 Å². The Morgan fingerprint density at radius 1 is 1.26 bits per heavy atom. The third-order valence-corrected chi connectivity index (χ3v) is 5.41. The summed E-state index contributed by atoms with van der Waals surface area (Å²) in [5.74, 6) is -0.129. The van der Waals surface area contributed by atoms with Crippen molar-refractivity contribution in [3.63, 3.8) is 0 Å². The minimum Gasteiger partial charge on any atom is -0.400 e. The van der Waals surface area contributed by atoms with Gasteiger partial charge in [-0.15, -0.1) is 0 Å². The van der Waals surface area contributed by atoms with Crippen LogP contribution in [0.5, 0.6) is 0 Å². The molecule has 124 valence electrons. The van der Waals surface area contributed by atoms with Crippen LogP contribution < -0.4 is 0 Å². The van der Waals surface area contributed by atoms with Gasteiger partial charge in [-0.1, -0.05) is 6.08 Å². The second-order valence-electron chi connectivity index (χ2n) is 7.56. The number of hydrogen-bond acceptors (Lipinski definition) is 5. The maximum absolute atomic E-state index is 12.5. The average molecular weight is 318 g/mol. The van der Waals surface area contributed by atoms with Crippen LogP contribution in [0.1, 0.15) is 34.1 Å². The standard InChI is InChI=1S/C16H23BN2O4/c1-14(2)15(3,4)23-17(22-14)12-5-7-19(8-6-12)13(20)16(9-18)10-21-11-16/h5H,6-8,10-11H2,1-4H3. The second-order valence-corrected chi connectivity index (χ2v) is 7.56. The fourth-order valence-electron chi connectivity index (χ4n) is 2.92. The van der Waals surface area contributed by atoms with E-state index in [1.54, 1.807) is 4.90 Å². The Labute approximate surface area is 137 Å². The van der Waals surface area contributed by atoms with E-state index < -0.39 is 5.41 Å². The molecular formula is C16H23BN2O4. The monoisotopic (exact) mass is 318 g/mol. The summed E-state index contributed by atoms with van der Waals surface area (Å²) in [5, 5.41) is 9.24. The highest BCUT2D eigenvalue weighted by Gasteiger charge is 2.53. The van der Waals surface area contributed by atoms with E-state index in [1.807, 2.05) is 33.8 Å². The molecule has 23 heavy (non-hydrogen) atoms. The van der Waals surface area contributed by atoms with Gasteiger partial charge in [0.1, 0.15) is 0 Å². The van der Waals surface area contributed by atoms with E-state index in [0.717, 1.165) is 5.47 Å². The molecule has 0 spiro atoms. The number of nitrogens with zero attached hydrogens (tertiary/aromatic N) is 2. The normalized spacial score (nSPS) is 27.9. The summed E-state index contributed by atoms with van der Waals surface area (Å²) in [7, 11) is -0.353. The van der Waals surface area contributed by atoms with E-state index in [0.29, 0.717) is 19.5 Å². The maximum Gasteiger partial charge on any atom is 0.490 e. The quantitative estimate of drug-likeness (QED) is 0.718. The summed E-state index contributed by atoms with van der Waals surface area (Å²) in [6.07, 6.45) is 2.69. The molecule has 6 nitrogen and oxygen atoms in total. The van der Waals surface area contributed by atoms with Crippen LogP contribution in [0.3, 0.4) is 0 Å². The molecule has 0 aromatic heterocycles. The van der Waals surface area contributed by atoms with Crippen LogP contribution in [0, 0.1) is 16.7 Å². The largest absolute Gasteiger partial charge is 0.490 e. The molecule has 3 aliphatic heterocycles. The molecule has 1 amide bonds. The molecule has 0 radical (unpaired) electrons. The van der Waals surface area contributed by atoms with Crippen molar-refractivity contribution in [2.24, 2.45) is 5.41 Å². The number of nitriles is 1. The minimum absolute atomic E-state index is 0.129. The fraction of sp³-hybridized carbons (Fsp3) is 0.750. The summed E-state index contributed by atoms with van der Waals surface area (Å²) in [4.78, 5) is 14.2. The molecule has 0 unspecified atom stereocenters. The van der Waals surface area contributed by atoms with E-state index in [9.17, 15) is 10.1 Å². The fourth-order valence-corrected chi connectivity index (χ4v) is 2.92. The van der Waals surface area contributed by atoms with Gasteiger partial charge in [0.15, 0.2) is 5.41 Å². The van der Waals surface area contributed by atoms with Crippen LogP contribution in [0.2, 0.25) is 0 Å². The highest BCUT2D eigenvalue weighted by atomic mass is 16.7. The number of rotatable bonds is 2. The van der Waals surface area contributed by atoms with Crippen molar-refractivity contribution in [1.82, 2.24) is 4.90 Å². The number of amides is 1. The number of ether oxygens (including phenoxy) is 1. The molecule has 0 N–H and O–H groups in total. The van der Waals surface area contributed by atoms with Gasteiger partial charge < -0.3 is 18.9 Å². The topological polar surface area (TPSA) is 71.8 Å². The molecule has 0 aliphatic carbocycles. The van der Waals surface area contributed by atoms with Crippen molar-refractivity contribution < 1.29 is 18.8 Å². The van der Waals surface area contributed by atoms with E-state index in [4.69, 9.17) is 14.0 Å². The molecule has 0 aromatic carbocycles. The predicted octanol–water partition coefficient (Wildman–Crippen LogP) is 1.32. The van der Waals surface area contributed by atoms with Gasteiger partial charge in [0.25, 0.3) is 0 Å². The number of carbonyl (C=O) groups excluding carboxylic acids is 1. The van der Waals surface area contributed by atoms with Gasteiger partial charge in [0.2, 0.25) is 5.91 Å². The Morgan fingerprint density at radius 2 is 1.87 bits per heavy atom. The number of hydrogen-bond donors (Lipinski definition) is 0. The first-order valence-electron chi connectivity index (χ1n) is 8.04. The lowest BCUT2D eigenvalue weighted by molar-refractivity contribution is -0.160. The van der Waals surface area contributed by atoms with Crippen LogP contribution in [0.4, 0.5) is 0 Å². The molecule has 0 aromatic rings. The first kappa shape index (κ1) is 16.5. The summed E-state index contributed by atoms with van der Waals surface area (Å²) >= 11 is 0. The number of carbonyl (C=O) groups is 1. The molecule has 0 bridgehead atoms. The van der Waals surface area contributed by atoms with Crippen molar-refractivity contribution in [3.05, 3.63) is 11.5 Å². The van der Waals surface area contributed by atoms with E-state index in [1.165, 1.54) is 0 Å². The maximum atomic E-state index is 12.5. The molecule has 7 heteroatoms. The molecule has 0 saturated carbocycles. The summed E-state index contributed by atoms with van der Waals surface area (Å²) in [6.45, 7) is 9.58. The lowest BCUT2D eigenvalue weighted by Crippen LogP contribution is -2.55. The second kappa shape index (κ2) is 5.33. The van der Waals surface area contributed by atoms with Gasteiger partial charge >= 0.3 is 7.12 Å². The van der Waals surface area contributed by atoms with Gasteiger partial charge in [-0.3, -0.25) is 4.79 Å². The Hall–Kier alpha value is -1.36. The summed E-state index contributed by atoms with van der Waals surface area (Å²) < 4.78 is 17.2. The predicted molar refractivity (Wildman–Crippen MR) is 84.2 cm³/mol. The highest BCUT2D eigenvalue weighted by Crippen LogP contribution is 2.39. The summed E-state index contributed by atoms with van der Waals surface area (Å²) in [6, 6.07) is 2.11. The van der Waals surface area contributed by atoms with Crippen LogP contribution >= 0.6 is 0 Å². The SMILES string of the molecule is CC1(C)OB(C2=CCN(C(=O)C3(C#N)COC3)CC2)OC1(C)C. The summed E-state index contributed by atoms with van der Waals surface area (Å²) in [5.41, 5.74) is -0.627. The molecule has 3 heterocycles. The Balaban J connectivity index is 1.66. The Bertz CT molecular complexity index is 573. The molecule has 3 rings (SSSR count). The van der Waals surface area contributed by atoms with Crippen LogP contribution in [-0.2, 0) is 18.8 Å². The van der Waals surface area contributed by atoms with Crippen LogP contribution in [0.25, 0.3) is 0 Å². The van der Waals surface area contributed by atoms with E-state index >= 15 is 0 Å². The molecule has 3 aliphatic rings. The van der Waals surface area contributed by atoms with Crippen LogP contribution in [0.15, 0.2) is 11.5 Å². The first-order chi connectivity index (χ1) is 10.7. The minimum atomic E-state index is -0.977. The Morgan fingerprint density at radius 3 is 2.26 bits per heavy atom. The van der Waals surface area contributed by atoms with Crippen LogP contribution in [-0.4, -0.2) is 55.4 Å². The molecule has 0 atom stereocenters.